The number of anilines is 1. The van der Waals surface area contributed by atoms with E-state index < -0.39 is 0 Å². The molecule has 1 N–H and O–H groups in total. The fourth-order valence-corrected chi connectivity index (χ4v) is 3.68. The van der Waals surface area contributed by atoms with E-state index in [0.717, 1.165) is 42.0 Å². The molecule has 0 radical (unpaired) electrons. The predicted molar refractivity (Wildman–Crippen MR) is 111 cm³/mol. The maximum atomic E-state index is 12.8. The quantitative estimate of drug-likeness (QED) is 0.885. The summed E-state index contributed by atoms with van der Waals surface area (Å²) < 4.78 is 0. The van der Waals surface area contributed by atoms with Crippen molar-refractivity contribution in [2.45, 2.75) is 27.7 Å². The topological polar surface area (TPSA) is 65.5 Å². The van der Waals surface area contributed by atoms with E-state index in [1.54, 1.807) is 12.1 Å². The Morgan fingerprint density at radius 2 is 1.68 bits per heavy atom. The second-order valence-corrected chi connectivity index (χ2v) is 7.38. The van der Waals surface area contributed by atoms with Gasteiger partial charge in [-0.3, -0.25) is 14.6 Å². The zero-order chi connectivity index (χ0) is 20.3. The highest BCUT2D eigenvalue weighted by molar-refractivity contribution is 6.06. The fraction of sp³-hybridized carbons (Fsp3) is 0.409. The Morgan fingerprint density at radius 3 is 2.29 bits per heavy atom. The Bertz CT molecular complexity index is 863. The monoisotopic (exact) mass is 380 g/mol. The number of likely N-dealkylation sites (N-methyl/N-ethyl adjacent to an activating group) is 1. The SMILES string of the molecule is CCN1CCN(C(=O)c2cc(C(=O)Nc3c(C)cc(C)cc3C)ccn2)CC1. The molecule has 1 fully saturated rings. The van der Waals surface area contributed by atoms with Gasteiger partial charge in [0.2, 0.25) is 0 Å². The van der Waals surface area contributed by atoms with Crippen molar-refractivity contribution in [3.8, 4) is 0 Å². The van der Waals surface area contributed by atoms with E-state index in [2.05, 4.69) is 22.1 Å². The number of benzene rings is 1. The summed E-state index contributed by atoms with van der Waals surface area (Å²) in [6.07, 6.45) is 1.53. The van der Waals surface area contributed by atoms with Crippen LogP contribution in [0.5, 0.6) is 0 Å². The van der Waals surface area contributed by atoms with Crippen molar-refractivity contribution in [2.75, 3.05) is 38.0 Å². The lowest BCUT2D eigenvalue weighted by molar-refractivity contribution is 0.0637. The molecule has 1 aromatic heterocycles. The van der Waals surface area contributed by atoms with Gasteiger partial charge in [0.05, 0.1) is 0 Å². The molecule has 0 unspecified atom stereocenters. The summed E-state index contributed by atoms with van der Waals surface area (Å²) in [4.78, 5) is 33.9. The summed E-state index contributed by atoms with van der Waals surface area (Å²) >= 11 is 0. The molecule has 1 aliphatic rings. The number of amides is 2. The van der Waals surface area contributed by atoms with Crippen LogP contribution in [0.4, 0.5) is 5.69 Å². The highest BCUT2D eigenvalue weighted by Gasteiger charge is 2.23. The Labute approximate surface area is 166 Å². The maximum absolute atomic E-state index is 12.8. The van der Waals surface area contributed by atoms with Crippen LogP contribution in [0.1, 0.15) is 44.5 Å². The van der Waals surface area contributed by atoms with Crippen LogP contribution in [0.25, 0.3) is 0 Å². The van der Waals surface area contributed by atoms with Crippen LogP contribution in [0, 0.1) is 20.8 Å². The van der Waals surface area contributed by atoms with Crippen molar-refractivity contribution >= 4 is 17.5 Å². The maximum Gasteiger partial charge on any atom is 0.272 e. The zero-order valence-corrected chi connectivity index (χ0v) is 17.1. The van der Waals surface area contributed by atoms with Gasteiger partial charge in [0, 0.05) is 43.6 Å². The van der Waals surface area contributed by atoms with Crippen LogP contribution in [0.2, 0.25) is 0 Å². The first-order valence-corrected chi connectivity index (χ1v) is 9.76. The van der Waals surface area contributed by atoms with E-state index in [9.17, 15) is 9.59 Å². The fourth-order valence-electron chi connectivity index (χ4n) is 3.68. The van der Waals surface area contributed by atoms with Crippen molar-refractivity contribution in [3.05, 3.63) is 58.4 Å². The Balaban J connectivity index is 1.74. The van der Waals surface area contributed by atoms with Crippen LogP contribution in [-0.2, 0) is 0 Å². The van der Waals surface area contributed by atoms with Gasteiger partial charge in [-0.05, 0) is 50.6 Å². The highest BCUT2D eigenvalue weighted by atomic mass is 16.2. The third-order valence-electron chi connectivity index (χ3n) is 5.26. The number of nitrogens with one attached hydrogen (secondary N) is 1. The Morgan fingerprint density at radius 1 is 1.04 bits per heavy atom. The summed E-state index contributed by atoms with van der Waals surface area (Å²) in [5.41, 5.74) is 4.76. The molecule has 28 heavy (non-hydrogen) atoms. The van der Waals surface area contributed by atoms with Crippen molar-refractivity contribution in [3.63, 3.8) is 0 Å². The minimum Gasteiger partial charge on any atom is -0.335 e. The summed E-state index contributed by atoms with van der Waals surface area (Å²) in [5.74, 6) is -0.351. The van der Waals surface area contributed by atoms with Crippen LogP contribution < -0.4 is 5.32 Å². The average molecular weight is 380 g/mol. The molecular formula is C22H28N4O2. The summed E-state index contributed by atoms with van der Waals surface area (Å²) in [6.45, 7) is 12.2. The smallest absolute Gasteiger partial charge is 0.272 e. The molecule has 0 aliphatic carbocycles. The molecule has 6 nitrogen and oxygen atoms in total. The molecule has 0 atom stereocenters. The standard InChI is InChI=1S/C22H28N4O2/c1-5-25-8-10-26(11-9-25)22(28)19-14-18(6-7-23-19)21(27)24-20-16(3)12-15(2)13-17(20)4/h6-7,12-14H,5,8-11H2,1-4H3,(H,24,27). The first-order chi connectivity index (χ1) is 13.4. The van der Waals surface area contributed by atoms with Gasteiger partial charge in [0.1, 0.15) is 5.69 Å². The predicted octanol–water partition coefficient (Wildman–Crippen LogP) is 3.04. The minimum atomic E-state index is -0.234. The third-order valence-corrected chi connectivity index (χ3v) is 5.26. The zero-order valence-electron chi connectivity index (χ0n) is 17.1. The van der Waals surface area contributed by atoms with E-state index in [0.29, 0.717) is 24.3 Å². The van der Waals surface area contributed by atoms with E-state index in [-0.39, 0.29) is 11.8 Å². The molecule has 0 saturated carbocycles. The Hall–Kier alpha value is -2.73. The summed E-state index contributed by atoms with van der Waals surface area (Å²) in [7, 11) is 0. The lowest BCUT2D eigenvalue weighted by atomic mass is 10.0. The molecular weight excluding hydrogens is 352 g/mol. The van der Waals surface area contributed by atoms with Crippen LogP contribution >= 0.6 is 0 Å². The van der Waals surface area contributed by atoms with E-state index in [1.807, 2.05) is 37.8 Å². The molecule has 2 amide bonds. The lowest BCUT2D eigenvalue weighted by Gasteiger charge is -2.33. The van der Waals surface area contributed by atoms with Gasteiger partial charge in [-0.15, -0.1) is 0 Å². The lowest BCUT2D eigenvalue weighted by Crippen LogP contribution is -2.48. The molecule has 2 heterocycles. The van der Waals surface area contributed by atoms with E-state index >= 15 is 0 Å². The van der Waals surface area contributed by atoms with Crippen molar-refractivity contribution < 1.29 is 9.59 Å². The highest BCUT2D eigenvalue weighted by Crippen LogP contribution is 2.22. The van der Waals surface area contributed by atoms with E-state index in [4.69, 9.17) is 0 Å². The number of carbonyl (C=O) groups is 2. The molecule has 1 aliphatic heterocycles. The summed E-state index contributed by atoms with van der Waals surface area (Å²) in [6, 6.07) is 7.31. The number of hydrogen-bond acceptors (Lipinski definition) is 4. The van der Waals surface area contributed by atoms with Gasteiger partial charge < -0.3 is 15.1 Å². The number of pyridine rings is 1. The van der Waals surface area contributed by atoms with Gasteiger partial charge in [-0.2, -0.15) is 0 Å². The molecule has 3 rings (SSSR count). The third kappa shape index (κ3) is 4.39. The number of carbonyl (C=O) groups excluding carboxylic acids is 2. The number of nitrogens with zero attached hydrogens (tertiary/aromatic N) is 3. The number of rotatable bonds is 4. The molecule has 6 heteroatoms. The van der Waals surface area contributed by atoms with Crippen LogP contribution in [-0.4, -0.2) is 59.3 Å². The van der Waals surface area contributed by atoms with Crippen molar-refractivity contribution in [1.82, 2.24) is 14.8 Å². The van der Waals surface area contributed by atoms with Gasteiger partial charge >= 0.3 is 0 Å². The van der Waals surface area contributed by atoms with Gasteiger partial charge in [0.25, 0.3) is 11.8 Å². The minimum absolute atomic E-state index is 0.117. The van der Waals surface area contributed by atoms with Crippen LogP contribution in [0.3, 0.4) is 0 Å². The van der Waals surface area contributed by atoms with Gasteiger partial charge in [-0.25, -0.2) is 0 Å². The summed E-state index contributed by atoms with van der Waals surface area (Å²) in [5, 5.41) is 2.98. The first-order valence-electron chi connectivity index (χ1n) is 9.76. The average Bonchev–Trinajstić information content (AvgIpc) is 2.70. The number of aryl methyl sites for hydroxylation is 3. The Kier molecular flexibility index (Phi) is 6.09. The second kappa shape index (κ2) is 8.52. The largest absolute Gasteiger partial charge is 0.335 e. The second-order valence-electron chi connectivity index (χ2n) is 7.38. The molecule has 2 aromatic rings. The molecule has 0 spiro atoms. The van der Waals surface area contributed by atoms with E-state index in [1.165, 1.54) is 6.20 Å². The molecule has 1 saturated heterocycles. The first kappa shape index (κ1) is 20.0. The van der Waals surface area contributed by atoms with Gasteiger partial charge in [-0.1, -0.05) is 24.6 Å². The van der Waals surface area contributed by atoms with Crippen LogP contribution in [0.15, 0.2) is 30.5 Å². The van der Waals surface area contributed by atoms with Crippen molar-refractivity contribution in [2.24, 2.45) is 0 Å². The van der Waals surface area contributed by atoms with Gasteiger partial charge in [0.15, 0.2) is 0 Å². The molecule has 1 aromatic carbocycles. The number of piperazine rings is 1. The number of aromatic nitrogens is 1. The molecule has 0 bridgehead atoms. The number of hydrogen-bond donors (Lipinski definition) is 1. The molecule has 148 valence electrons. The normalized spacial score (nSPS) is 14.8. The van der Waals surface area contributed by atoms with Crippen molar-refractivity contribution in [1.29, 1.82) is 0 Å².